The molecular weight excluding hydrogens is 386 g/mol. The molecule has 0 fully saturated rings. The third kappa shape index (κ3) is 3.34. The van der Waals surface area contributed by atoms with E-state index in [1.54, 1.807) is 60.9 Å². The van der Waals surface area contributed by atoms with E-state index in [0.717, 1.165) is 14.9 Å². The highest BCUT2D eigenvalue weighted by atomic mass is 35.5. The minimum atomic E-state index is -3.90. The molecule has 4 aromatic rings. The molecule has 4 rings (SSSR count). The summed E-state index contributed by atoms with van der Waals surface area (Å²) >= 11 is 6.25. The average molecular weight is 400 g/mol. The maximum atomic E-state index is 12.8. The third-order valence-corrected chi connectivity index (χ3v) is 6.19. The number of aromatic nitrogens is 1. The zero-order chi connectivity index (χ0) is 18.9. The number of furan rings is 1. The van der Waals surface area contributed by atoms with Gasteiger partial charge < -0.3 is 9.73 Å². The summed E-state index contributed by atoms with van der Waals surface area (Å²) in [6, 6.07) is 16.6. The van der Waals surface area contributed by atoms with Gasteiger partial charge in [-0.2, -0.15) is 12.2 Å². The van der Waals surface area contributed by atoms with Gasteiger partial charge in [0.05, 0.1) is 22.5 Å². The van der Waals surface area contributed by atoms with Crippen molar-refractivity contribution in [3.63, 3.8) is 0 Å². The van der Waals surface area contributed by atoms with Crippen LogP contribution in [0.3, 0.4) is 0 Å². The highest BCUT2D eigenvalue weighted by Crippen LogP contribution is 2.35. The van der Waals surface area contributed by atoms with Crippen LogP contribution in [0, 0.1) is 0 Å². The van der Waals surface area contributed by atoms with E-state index in [9.17, 15) is 8.42 Å². The molecule has 6 nitrogen and oxygen atoms in total. The molecule has 27 heavy (non-hydrogen) atoms. The monoisotopic (exact) mass is 399 g/mol. The molecule has 2 heterocycles. The summed E-state index contributed by atoms with van der Waals surface area (Å²) in [7, 11) is -3.90. The molecule has 0 unspecified atom stereocenters. The van der Waals surface area contributed by atoms with Crippen LogP contribution in [-0.2, 0) is 10.0 Å². The molecule has 2 aromatic heterocycles. The lowest BCUT2D eigenvalue weighted by Gasteiger charge is -2.18. The summed E-state index contributed by atoms with van der Waals surface area (Å²) in [5.41, 5.74) is 2.27. The Morgan fingerprint density at radius 1 is 1.00 bits per heavy atom. The summed E-state index contributed by atoms with van der Waals surface area (Å²) in [6.07, 6.45) is 4.84. The van der Waals surface area contributed by atoms with E-state index in [2.05, 4.69) is 10.3 Å². The molecule has 0 atom stereocenters. The topological polar surface area (TPSA) is 75.4 Å². The predicted octanol–water partition coefficient (Wildman–Crippen LogP) is 4.92. The Balaban J connectivity index is 1.78. The second-order valence-electron chi connectivity index (χ2n) is 5.73. The Morgan fingerprint density at radius 3 is 2.48 bits per heavy atom. The highest BCUT2D eigenvalue weighted by Gasteiger charge is 2.24. The lowest BCUT2D eigenvalue weighted by atomic mass is 10.2. The number of anilines is 3. The molecule has 0 amide bonds. The SMILES string of the molecule is O=S(=O)(c1ccccc1)N(Cl)c1cc(Nc2ccncc2)c2occc2c1. The van der Waals surface area contributed by atoms with Crippen LogP contribution in [0.25, 0.3) is 11.0 Å². The second-order valence-corrected chi connectivity index (χ2v) is 8.05. The number of benzene rings is 2. The first-order valence-corrected chi connectivity index (χ1v) is 9.78. The summed E-state index contributed by atoms with van der Waals surface area (Å²) in [6.45, 7) is 0. The van der Waals surface area contributed by atoms with E-state index in [4.69, 9.17) is 16.2 Å². The number of sulfonamides is 1. The quantitative estimate of drug-likeness (QED) is 0.482. The second kappa shape index (κ2) is 6.94. The van der Waals surface area contributed by atoms with Crippen molar-refractivity contribution in [3.05, 3.63) is 79.3 Å². The largest absolute Gasteiger partial charge is 0.462 e. The molecular formula is C19H14ClN3O3S. The number of halogens is 1. The summed E-state index contributed by atoms with van der Waals surface area (Å²) in [4.78, 5) is 4.09. The average Bonchev–Trinajstić information content (AvgIpc) is 3.18. The first-order chi connectivity index (χ1) is 13.1. The maximum absolute atomic E-state index is 12.8. The van der Waals surface area contributed by atoms with Crippen molar-refractivity contribution in [3.8, 4) is 0 Å². The van der Waals surface area contributed by atoms with Crippen molar-refractivity contribution in [2.45, 2.75) is 4.90 Å². The molecule has 0 aliphatic heterocycles. The summed E-state index contributed by atoms with van der Waals surface area (Å²) in [5, 5.41) is 3.93. The number of nitrogens with one attached hydrogen (secondary N) is 1. The van der Waals surface area contributed by atoms with Crippen molar-refractivity contribution in [2.75, 3.05) is 9.14 Å². The first-order valence-electron chi connectivity index (χ1n) is 8.00. The van der Waals surface area contributed by atoms with Gasteiger partial charge >= 0.3 is 0 Å². The van der Waals surface area contributed by atoms with Crippen molar-refractivity contribution < 1.29 is 12.8 Å². The number of fused-ring (bicyclic) bond motifs is 1. The van der Waals surface area contributed by atoms with Gasteiger partial charge in [0.2, 0.25) is 0 Å². The van der Waals surface area contributed by atoms with Crippen LogP contribution < -0.4 is 9.14 Å². The number of pyridine rings is 1. The normalized spacial score (nSPS) is 11.4. The zero-order valence-corrected chi connectivity index (χ0v) is 15.5. The number of hydrogen-bond acceptors (Lipinski definition) is 5. The zero-order valence-electron chi connectivity index (χ0n) is 13.9. The van der Waals surface area contributed by atoms with Crippen LogP contribution >= 0.6 is 11.8 Å². The minimum absolute atomic E-state index is 0.107. The van der Waals surface area contributed by atoms with Gasteiger partial charge in [0.25, 0.3) is 10.0 Å². The minimum Gasteiger partial charge on any atom is -0.462 e. The molecule has 0 spiro atoms. The van der Waals surface area contributed by atoms with E-state index >= 15 is 0 Å². The smallest absolute Gasteiger partial charge is 0.278 e. The molecule has 0 saturated carbocycles. The van der Waals surface area contributed by atoms with E-state index < -0.39 is 10.0 Å². The first kappa shape index (κ1) is 17.4. The van der Waals surface area contributed by atoms with E-state index in [0.29, 0.717) is 17.0 Å². The van der Waals surface area contributed by atoms with Crippen LogP contribution in [0.4, 0.5) is 17.1 Å². The van der Waals surface area contributed by atoms with Gasteiger partial charge in [-0.05, 0) is 42.5 Å². The molecule has 0 bridgehead atoms. The van der Waals surface area contributed by atoms with Gasteiger partial charge in [-0.25, -0.2) is 0 Å². The Hall–Kier alpha value is -3.03. The fourth-order valence-corrected chi connectivity index (χ4v) is 4.08. The third-order valence-electron chi connectivity index (χ3n) is 3.95. The van der Waals surface area contributed by atoms with Crippen LogP contribution in [0.15, 0.2) is 88.6 Å². The number of nitrogens with zero attached hydrogens (tertiary/aromatic N) is 2. The molecule has 0 aliphatic carbocycles. The molecule has 2 aromatic carbocycles. The maximum Gasteiger partial charge on any atom is 0.278 e. The molecule has 8 heteroatoms. The van der Waals surface area contributed by atoms with Gasteiger partial charge in [0.1, 0.15) is 0 Å². The standard InChI is InChI=1S/C19H14ClN3O3S/c20-23(27(24,25)17-4-2-1-3-5-17)16-12-14-8-11-26-19(14)18(13-16)22-15-6-9-21-10-7-15/h1-13H,(H,21,22). The van der Waals surface area contributed by atoms with Gasteiger partial charge in [-0.3, -0.25) is 4.98 Å². The fraction of sp³-hybridized carbons (Fsp3) is 0. The van der Waals surface area contributed by atoms with Crippen LogP contribution in [0.2, 0.25) is 0 Å². The van der Waals surface area contributed by atoms with Crippen molar-refractivity contribution in [1.29, 1.82) is 0 Å². The Kier molecular flexibility index (Phi) is 4.47. The van der Waals surface area contributed by atoms with Gasteiger partial charge in [0, 0.05) is 35.2 Å². The molecule has 0 saturated heterocycles. The van der Waals surface area contributed by atoms with Crippen LogP contribution in [0.5, 0.6) is 0 Å². The van der Waals surface area contributed by atoms with Gasteiger partial charge in [-0.1, -0.05) is 18.2 Å². The van der Waals surface area contributed by atoms with E-state index in [-0.39, 0.29) is 4.90 Å². The van der Waals surface area contributed by atoms with Gasteiger partial charge in [0.15, 0.2) is 5.58 Å². The molecule has 1 N–H and O–H groups in total. The van der Waals surface area contributed by atoms with Crippen LogP contribution in [-0.4, -0.2) is 13.4 Å². The van der Waals surface area contributed by atoms with Crippen LogP contribution in [0.1, 0.15) is 0 Å². The summed E-state index contributed by atoms with van der Waals surface area (Å²) in [5.74, 6) is 0. The number of hydrogen-bond donors (Lipinski definition) is 1. The lowest BCUT2D eigenvalue weighted by molar-refractivity contribution is 0.598. The lowest BCUT2D eigenvalue weighted by Crippen LogP contribution is -2.21. The Labute approximate surface area is 161 Å². The van der Waals surface area contributed by atoms with Crippen molar-refractivity contribution >= 4 is 49.8 Å². The highest BCUT2D eigenvalue weighted by molar-refractivity contribution is 7.94. The van der Waals surface area contributed by atoms with E-state index in [1.807, 2.05) is 0 Å². The Bertz CT molecular complexity index is 1180. The molecule has 0 radical (unpaired) electrons. The number of rotatable bonds is 5. The van der Waals surface area contributed by atoms with E-state index in [1.165, 1.54) is 18.4 Å². The van der Waals surface area contributed by atoms with Crippen molar-refractivity contribution in [2.24, 2.45) is 0 Å². The summed E-state index contributed by atoms with van der Waals surface area (Å²) < 4.78 is 31.9. The van der Waals surface area contributed by atoms with Gasteiger partial charge in [-0.15, -0.1) is 0 Å². The molecule has 136 valence electrons. The Morgan fingerprint density at radius 2 is 1.74 bits per heavy atom. The van der Waals surface area contributed by atoms with Crippen molar-refractivity contribution in [1.82, 2.24) is 4.98 Å². The molecule has 0 aliphatic rings. The fourth-order valence-electron chi connectivity index (χ4n) is 2.68. The predicted molar refractivity (Wildman–Crippen MR) is 106 cm³/mol.